The Kier molecular flexibility index (Phi) is 3.81. The number of hydrogen-bond acceptors (Lipinski definition) is 3. The molecule has 1 aliphatic rings. The van der Waals surface area contributed by atoms with Gasteiger partial charge in [-0.1, -0.05) is 36.7 Å². The van der Waals surface area contributed by atoms with Gasteiger partial charge in [-0.3, -0.25) is 4.79 Å². The van der Waals surface area contributed by atoms with Crippen LogP contribution in [-0.2, 0) is 10.4 Å². The third-order valence-electron chi connectivity index (χ3n) is 3.69. The lowest BCUT2D eigenvalue weighted by Crippen LogP contribution is -2.35. The molecule has 1 unspecified atom stereocenters. The molecule has 3 rings (SSSR count). The molecule has 1 amide bonds. The predicted molar refractivity (Wildman–Crippen MR) is 85.3 cm³/mol. The summed E-state index contributed by atoms with van der Waals surface area (Å²) >= 11 is 6.03. The fourth-order valence-corrected chi connectivity index (χ4v) is 2.80. The van der Waals surface area contributed by atoms with Crippen LogP contribution in [0.4, 0.5) is 5.69 Å². The van der Waals surface area contributed by atoms with E-state index in [0.29, 0.717) is 34.2 Å². The van der Waals surface area contributed by atoms with Crippen molar-refractivity contribution in [3.8, 4) is 5.75 Å². The van der Waals surface area contributed by atoms with Gasteiger partial charge in [-0.25, -0.2) is 0 Å². The van der Waals surface area contributed by atoms with Crippen molar-refractivity contribution < 1.29 is 14.6 Å². The van der Waals surface area contributed by atoms with Gasteiger partial charge in [-0.15, -0.1) is 0 Å². The highest BCUT2D eigenvalue weighted by atomic mass is 35.5. The minimum Gasteiger partial charge on any atom is -0.493 e. The number of rotatable bonds is 4. The minimum atomic E-state index is -1.80. The first-order valence-electron chi connectivity index (χ1n) is 7.13. The molecule has 0 saturated heterocycles. The smallest absolute Gasteiger partial charge is 0.266 e. The van der Waals surface area contributed by atoms with Crippen molar-refractivity contribution >= 4 is 23.2 Å². The maximum absolute atomic E-state index is 12.4. The summed E-state index contributed by atoms with van der Waals surface area (Å²) in [5.74, 6) is -0.00728. The van der Waals surface area contributed by atoms with Crippen LogP contribution >= 0.6 is 11.6 Å². The zero-order chi connectivity index (χ0) is 15.7. The molecule has 0 bridgehead atoms. The van der Waals surface area contributed by atoms with Gasteiger partial charge in [0.25, 0.3) is 5.91 Å². The van der Waals surface area contributed by atoms with Gasteiger partial charge in [-0.2, -0.15) is 0 Å². The van der Waals surface area contributed by atoms with E-state index >= 15 is 0 Å². The molecule has 1 atom stereocenters. The van der Waals surface area contributed by atoms with Gasteiger partial charge in [0, 0.05) is 21.8 Å². The molecule has 0 aliphatic carbocycles. The van der Waals surface area contributed by atoms with Gasteiger partial charge in [0.2, 0.25) is 0 Å². The molecule has 0 saturated carbocycles. The van der Waals surface area contributed by atoms with Crippen molar-refractivity contribution in [1.29, 1.82) is 0 Å². The Bertz CT molecular complexity index is 732. The fraction of sp³-hybridized carbons (Fsp3) is 0.235. The van der Waals surface area contributed by atoms with Gasteiger partial charge in [0.1, 0.15) is 5.75 Å². The lowest BCUT2D eigenvalue weighted by atomic mass is 9.87. The first-order valence-corrected chi connectivity index (χ1v) is 7.51. The van der Waals surface area contributed by atoms with E-state index in [1.165, 1.54) is 0 Å². The highest BCUT2D eigenvalue weighted by molar-refractivity contribution is 6.31. The maximum atomic E-state index is 12.4. The number of halogens is 1. The molecule has 2 aromatic rings. The topological polar surface area (TPSA) is 58.6 Å². The number of hydrogen-bond donors (Lipinski definition) is 2. The number of aliphatic hydroxyl groups is 1. The Morgan fingerprint density at radius 3 is 2.77 bits per heavy atom. The SMILES string of the molecule is CCCOc1ccccc1C1(O)C(=O)Nc2ccc(Cl)cc21. The molecule has 2 N–H and O–H groups in total. The largest absolute Gasteiger partial charge is 0.493 e. The van der Waals surface area contributed by atoms with E-state index in [2.05, 4.69) is 5.32 Å². The molecule has 0 radical (unpaired) electrons. The summed E-state index contributed by atoms with van der Waals surface area (Å²) in [4.78, 5) is 12.4. The quantitative estimate of drug-likeness (QED) is 0.909. The third-order valence-corrected chi connectivity index (χ3v) is 3.92. The van der Waals surface area contributed by atoms with Crippen molar-refractivity contribution in [3.05, 3.63) is 58.6 Å². The number of amides is 1. The minimum absolute atomic E-state index is 0.418. The summed E-state index contributed by atoms with van der Waals surface area (Å²) in [6.07, 6.45) is 0.835. The van der Waals surface area contributed by atoms with Crippen LogP contribution in [0.3, 0.4) is 0 Å². The molecule has 1 heterocycles. The zero-order valence-corrected chi connectivity index (χ0v) is 12.9. The Hall–Kier alpha value is -2.04. The summed E-state index contributed by atoms with van der Waals surface area (Å²) in [5.41, 5.74) is -0.383. The van der Waals surface area contributed by atoms with E-state index in [1.54, 1.807) is 36.4 Å². The number of benzene rings is 2. The summed E-state index contributed by atoms with van der Waals surface area (Å²) in [5, 5.41) is 14.3. The predicted octanol–water partition coefficient (Wildman–Crippen LogP) is 3.32. The molecular formula is C17H16ClNO3. The summed E-state index contributed by atoms with van der Waals surface area (Å²) in [7, 11) is 0. The van der Waals surface area contributed by atoms with E-state index in [9.17, 15) is 9.90 Å². The second-order valence-electron chi connectivity index (χ2n) is 5.20. The van der Waals surface area contributed by atoms with Crippen LogP contribution < -0.4 is 10.1 Å². The standard InChI is InChI=1S/C17H16ClNO3/c1-2-9-22-15-6-4-3-5-12(15)17(21)13-10-11(18)7-8-14(13)19-16(17)20/h3-8,10,21H,2,9H2,1H3,(H,19,20). The molecular weight excluding hydrogens is 302 g/mol. The van der Waals surface area contributed by atoms with Gasteiger partial charge in [0.05, 0.1) is 6.61 Å². The molecule has 4 nitrogen and oxygen atoms in total. The number of ether oxygens (including phenoxy) is 1. The van der Waals surface area contributed by atoms with Crippen molar-refractivity contribution in [1.82, 2.24) is 0 Å². The first kappa shape index (κ1) is 14.9. The Morgan fingerprint density at radius 1 is 1.23 bits per heavy atom. The van der Waals surface area contributed by atoms with Gasteiger partial charge >= 0.3 is 0 Å². The molecule has 0 spiro atoms. The molecule has 114 valence electrons. The highest BCUT2D eigenvalue weighted by Crippen LogP contribution is 2.44. The first-order chi connectivity index (χ1) is 10.6. The molecule has 5 heteroatoms. The van der Waals surface area contributed by atoms with Crippen LogP contribution in [0.1, 0.15) is 24.5 Å². The molecule has 0 fully saturated rings. The average Bonchev–Trinajstić information content (AvgIpc) is 2.78. The van der Waals surface area contributed by atoms with Crippen LogP contribution in [0.15, 0.2) is 42.5 Å². The number of nitrogens with one attached hydrogen (secondary N) is 1. The molecule has 22 heavy (non-hydrogen) atoms. The number of anilines is 1. The third kappa shape index (κ3) is 2.25. The van der Waals surface area contributed by atoms with Gasteiger partial charge < -0.3 is 15.2 Å². The van der Waals surface area contributed by atoms with Crippen LogP contribution in [0, 0.1) is 0 Å². The highest BCUT2D eigenvalue weighted by Gasteiger charge is 2.48. The van der Waals surface area contributed by atoms with Gasteiger partial charge in [0.15, 0.2) is 5.60 Å². The monoisotopic (exact) mass is 317 g/mol. The van der Waals surface area contributed by atoms with E-state index in [1.807, 2.05) is 13.0 Å². The Balaban J connectivity index is 2.15. The number of fused-ring (bicyclic) bond motifs is 1. The summed E-state index contributed by atoms with van der Waals surface area (Å²) < 4.78 is 5.68. The molecule has 2 aromatic carbocycles. The second kappa shape index (κ2) is 5.63. The van der Waals surface area contributed by atoms with Crippen LogP contribution in [0.5, 0.6) is 5.75 Å². The van der Waals surface area contributed by atoms with Crippen LogP contribution in [0.25, 0.3) is 0 Å². The van der Waals surface area contributed by atoms with Gasteiger partial charge in [-0.05, 0) is 30.7 Å². The van der Waals surface area contributed by atoms with Crippen molar-refractivity contribution in [2.24, 2.45) is 0 Å². The lowest BCUT2D eigenvalue weighted by molar-refractivity contribution is -0.129. The van der Waals surface area contributed by atoms with Crippen LogP contribution in [-0.4, -0.2) is 17.6 Å². The Labute approximate surface area is 133 Å². The molecule has 1 aliphatic heterocycles. The average molecular weight is 318 g/mol. The van der Waals surface area contributed by atoms with E-state index in [0.717, 1.165) is 6.42 Å². The lowest BCUT2D eigenvalue weighted by Gasteiger charge is -2.24. The van der Waals surface area contributed by atoms with Crippen molar-refractivity contribution in [3.63, 3.8) is 0 Å². The Morgan fingerprint density at radius 2 is 2.00 bits per heavy atom. The summed E-state index contributed by atoms with van der Waals surface area (Å²) in [6, 6.07) is 12.0. The van der Waals surface area contributed by atoms with Crippen molar-refractivity contribution in [2.75, 3.05) is 11.9 Å². The van der Waals surface area contributed by atoms with E-state index < -0.39 is 11.5 Å². The van der Waals surface area contributed by atoms with Crippen molar-refractivity contribution in [2.45, 2.75) is 18.9 Å². The van der Waals surface area contributed by atoms with E-state index in [4.69, 9.17) is 16.3 Å². The number of para-hydroxylation sites is 1. The summed E-state index contributed by atoms with van der Waals surface area (Å²) in [6.45, 7) is 2.51. The number of carbonyl (C=O) groups is 1. The van der Waals surface area contributed by atoms with E-state index in [-0.39, 0.29) is 0 Å². The molecule has 0 aromatic heterocycles. The van der Waals surface area contributed by atoms with Crippen LogP contribution in [0.2, 0.25) is 5.02 Å². The number of carbonyl (C=O) groups excluding carboxylic acids is 1. The maximum Gasteiger partial charge on any atom is 0.266 e. The zero-order valence-electron chi connectivity index (χ0n) is 12.1. The second-order valence-corrected chi connectivity index (χ2v) is 5.64. The normalized spacial score (nSPS) is 19.7. The fourth-order valence-electron chi connectivity index (χ4n) is 2.63.